The quantitative estimate of drug-likeness (QED) is 0.699. The maximum absolute atomic E-state index is 10.5. The fourth-order valence-corrected chi connectivity index (χ4v) is 1.72. The molecule has 0 aliphatic carbocycles. The topological polar surface area (TPSA) is 79.0 Å². The smallest absolute Gasteiger partial charge is 0.209 e. The third-order valence-electron chi connectivity index (χ3n) is 1.29. The van der Waals surface area contributed by atoms with E-state index in [4.69, 9.17) is 4.42 Å². The molecule has 13 heavy (non-hydrogen) atoms. The average molecular weight is 215 g/mol. The van der Waals surface area contributed by atoms with Crippen molar-refractivity contribution in [3.63, 3.8) is 0 Å². The van der Waals surface area contributed by atoms with Gasteiger partial charge in [0, 0.05) is 11.1 Å². The van der Waals surface area contributed by atoms with Gasteiger partial charge in [-0.1, -0.05) is 0 Å². The molecule has 2 heterocycles. The van der Waals surface area contributed by atoms with E-state index in [-0.39, 0.29) is 4.34 Å². The van der Waals surface area contributed by atoms with Crippen molar-refractivity contribution in [2.45, 2.75) is 4.34 Å². The van der Waals surface area contributed by atoms with Crippen LogP contribution in [0.2, 0.25) is 0 Å². The van der Waals surface area contributed by atoms with Gasteiger partial charge in [0.25, 0.3) is 0 Å². The summed E-state index contributed by atoms with van der Waals surface area (Å²) in [4.78, 5) is 3.75. The van der Waals surface area contributed by atoms with Gasteiger partial charge < -0.3 is 8.97 Å². The summed E-state index contributed by atoms with van der Waals surface area (Å²) < 4.78 is 29.7. The van der Waals surface area contributed by atoms with Crippen LogP contribution >= 0.6 is 11.5 Å². The molecule has 2 aromatic rings. The van der Waals surface area contributed by atoms with E-state index in [1.165, 1.54) is 6.26 Å². The van der Waals surface area contributed by atoms with Gasteiger partial charge in [-0.3, -0.25) is 4.21 Å². The van der Waals surface area contributed by atoms with Crippen molar-refractivity contribution >= 4 is 22.6 Å². The van der Waals surface area contributed by atoms with E-state index in [0.29, 0.717) is 11.6 Å². The Labute approximate surface area is 79.9 Å². The zero-order chi connectivity index (χ0) is 9.26. The Morgan fingerprint density at radius 2 is 2.46 bits per heavy atom. The highest BCUT2D eigenvalue weighted by atomic mass is 32.2. The summed E-state index contributed by atoms with van der Waals surface area (Å²) in [7, 11) is 0. The zero-order valence-electron chi connectivity index (χ0n) is 6.17. The second-order valence-corrected chi connectivity index (χ2v) is 3.96. The molecule has 0 saturated carbocycles. The number of rotatable bonds is 2. The van der Waals surface area contributed by atoms with Gasteiger partial charge in [0.1, 0.15) is 0 Å². The highest BCUT2D eigenvalue weighted by Crippen LogP contribution is 2.19. The van der Waals surface area contributed by atoms with Gasteiger partial charge in [0.15, 0.2) is 10.1 Å². The summed E-state index contributed by atoms with van der Waals surface area (Å²) >= 11 is -1.49. The second kappa shape index (κ2) is 3.36. The van der Waals surface area contributed by atoms with Gasteiger partial charge in [-0.25, -0.2) is 4.98 Å². The summed E-state index contributed by atoms with van der Waals surface area (Å²) in [5, 5.41) is 0. The van der Waals surface area contributed by atoms with E-state index in [1.54, 1.807) is 12.1 Å². The molecular formula is C6H3N2O3S2-. The van der Waals surface area contributed by atoms with E-state index in [0.717, 1.165) is 11.5 Å². The molecule has 0 aliphatic heterocycles. The molecule has 0 N–H and O–H groups in total. The van der Waals surface area contributed by atoms with Crippen LogP contribution in [0, 0.1) is 0 Å². The first-order chi connectivity index (χ1) is 6.27. The Morgan fingerprint density at radius 3 is 3.00 bits per heavy atom. The lowest BCUT2D eigenvalue weighted by atomic mass is 10.4. The molecule has 0 amide bonds. The number of aromatic nitrogens is 2. The fourth-order valence-electron chi connectivity index (χ4n) is 0.783. The zero-order valence-corrected chi connectivity index (χ0v) is 7.80. The maximum Gasteiger partial charge on any atom is 0.209 e. The fraction of sp³-hybridized carbons (Fsp3) is 0. The van der Waals surface area contributed by atoms with Crippen molar-refractivity contribution < 1.29 is 13.2 Å². The Bertz CT molecular complexity index is 423. The molecule has 0 bridgehead atoms. The molecule has 68 valence electrons. The van der Waals surface area contributed by atoms with E-state index < -0.39 is 11.1 Å². The third kappa shape index (κ3) is 1.67. The van der Waals surface area contributed by atoms with Gasteiger partial charge >= 0.3 is 0 Å². The minimum Gasteiger partial charge on any atom is -0.767 e. The minimum atomic E-state index is -2.32. The SMILES string of the molecule is O=S([O-])c1nc(-c2ccco2)ns1. The number of hydrogen-bond donors (Lipinski definition) is 0. The van der Waals surface area contributed by atoms with Gasteiger partial charge in [0.2, 0.25) is 5.82 Å². The Hall–Kier alpha value is -1.05. The maximum atomic E-state index is 10.5. The normalized spacial score (nSPS) is 13.0. The molecular weight excluding hydrogens is 212 g/mol. The average Bonchev–Trinajstić information content (AvgIpc) is 2.75. The van der Waals surface area contributed by atoms with E-state index in [1.807, 2.05) is 0 Å². The van der Waals surface area contributed by atoms with Crippen molar-refractivity contribution in [2.75, 3.05) is 0 Å². The van der Waals surface area contributed by atoms with Crippen LogP contribution < -0.4 is 0 Å². The van der Waals surface area contributed by atoms with Crippen LogP contribution in [0.4, 0.5) is 0 Å². The molecule has 0 fully saturated rings. The molecule has 0 radical (unpaired) electrons. The van der Waals surface area contributed by atoms with Gasteiger partial charge in [-0.2, -0.15) is 4.37 Å². The van der Waals surface area contributed by atoms with Gasteiger partial charge in [-0.15, -0.1) is 0 Å². The van der Waals surface area contributed by atoms with Crippen molar-refractivity contribution in [3.8, 4) is 11.6 Å². The summed E-state index contributed by atoms with van der Waals surface area (Å²) in [6.45, 7) is 0. The van der Waals surface area contributed by atoms with Crippen molar-refractivity contribution in [1.29, 1.82) is 0 Å². The van der Waals surface area contributed by atoms with Crippen LogP contribution in [-0.4, -0.2) is 18.1 Å². The molecule has 0 spiro atoms. The number of nitrogens with zero attached hydrogens (tertiary/aromatic N) is 2. The Balaban J connectivity index is 2.39. The van der Waals surface area contributed by atoms with Gasteiger partial charge in [0.05, 0.1) is 6.26 Å². The van der Waals surface area contributed by atoms with Crippen molar-refractivity contribution in [3.05, 3.63) is 18.4 Å². The molecule has 5 nitrogen and oxygen atoms in total. The molecule has 2 rings (SSSR count). The highest BCUT2D eigenvalue weighted by Gasteiger charge is 2.08. The van der Waals surface area contributed by atoms with Crippen LogP contribution in [0.25, 0.3) is 11.6 Å². The number of furan rings is 1. The molecule has 0 aliphatic rings. The molecule has 0 saturated heterocycles. The molecule has 7 heteroatoms. The molecule has 1 atom stereocenters. The van der Waals surface area contributed by atoms with Crippen LogP contribution in [0.15, 0.2) is 27.2 Å². The lowest BCUT2D eigenvalue weighted by molar-refractivity contribution is 0.536. The largest absolute Gasteiger partial charge is 0.767 e. The highest BCUT2D eigenvalue weighted by molar-refractivity contribution is 7.81. The van der Waals surface area contributed by atoms with E-state index in [9.17, 15) is 8.76 Å². The molecule has 1 unspecified atom stereocenters. The summed E-state index contributed by atoms with van der Waals surface area (Å²) in [6.07, 6.45) is 1.48. The van der Waals surface area contributed by atoms with Crippen molar-refractivity contribution in [1.82, 2.24) is 9.36 Å². The monoisotopic (exact) mass is 215 g/mol. The van der Waals surface area contributed by atoms with Crippen LogP contribution in [0.1, 0.15) is 0 Å². The first-order valence-corrected chi connectivity index (χ1v) is 5.09. The van der Waals surface area contributed by atoms with Crippen LogP contribution in [0.5, 0.6) is 0 Å². The molecule has 2 aromatic heterocycles. The third-order valence-corrected chi connectivity index (χ3v) is 2.81. The second-order valence-electron chi connectivity index (χ2n) is 2.10. The first-order valence-electron chi connectivity index (χ1n) is 3.24. The first kappa shape index (κ1) is 8.54. The summed E-state index contributed by atoms with van der Waals surface area (Å²) in [5.41, 5.74) is 0. The minimum absolute atomic E-state index is 0.0357. The lowest BCUT2D eigenvalue weighted by Gasteiger charge is -1.94. The predicted molar refractivity (Wildman–Crippen MR) is 44.8 cm³/mol. The standard InChI is InChI=1S/C6H4N2O3S2/c9-13(10)6-7-5(8-12-6)4-2-1-3-11-4/h1-3H,(H,9,10)/p-1. The van der Waals surface area contributed by atoms with Gasteiger partial charge in [-0.05, 0) is 23.7 Å². The van der Waals surface area contributed by atoms with Crippen molar-refractivity contribution in [2.24, 2.45) is 0 Å². The Morgan fingerprint density at radius 1 is 1.62 bits per heavy atom. The van der Waals surface area contributed by atoms with E-state index >= 15 is 0 Å². The van der Waals surface area contributed by atoms with Crippen LogP contribution in [-0.2, 0) is 11.1 Å². The summed E-state index contributed by atoms with van der Waals surface area (Å²) in [6, 6.07) is 3.35. The summed E-state index contributed by atoms with van der Waals surface area (Å²) in [5.74, 6) is 0.766. The molecule has 0 aromatic carbocycles. The van der Waals surface area contributed by atoms with E-state index in [2.05, 4.69) is 9.36 Å². The predicted octanol–water partition coefficient (Wildman–Crippen LogP) is 1.04. The number of hydrogen-bond acceptors (Lipinski definition) is 6. The van der Waals surface area contributed by atoms with Crippen LogP contribution in [0.3, 0.4) is 0 Å². The lowest BCUT2D eigenvalue weighted by Crippen LogP contribution is -1.86. The Kier molecular flexibility index (Phi) is 2.21.